The lowest BCUT2D eigenvalue weighted by atomic mass is 10.1. The zero-order chi connectivity index (χ0) is 18.0. The quantitative estimate of drug-likeness (QED) is 0.854. The highest BCUT2D eigenvalue weighted by Gasteiger charge is 2.31. The van der Waals surface area contributed by atoms with E-state index in [1.807, 2.05) is 0 Å². The number of hydrogen-bond donors (Lipinski definition) is 2. The maximum atomic E-state index is 12.6. The Morgan fingerprint density at radius 1 is 1.36 bits per heavy atom. The van der Waals surface area contributed by atoms with Gasteiger partial charge >= 0.3 is 0 Å². The SMILES string of the molecule is CC(C)(Oc1ccc(Cl)cc1)C(=O)Nc1nc2c(s1)C(=O)NCCC2. The van der Waals surface area contributed by atoms with Gasteiger partial charge in [-0.3, -0.25) is 14.9 Å². The van der Waals surface area contributed by atoms with Gasteiger partial charge in [-0.2, -0.15) is 0 Å². The molecule has 0 fully saturated rings. The van der Waals surface area contributed by atoms with E-state index >= 15 is 0 Å². The van der Waals surface area contributed by atoms with E-state index in [0.717, 1.165) is 12.1 Å². The lowest BCUT2D eigenvalue weighted by Gasteiger charge is -2.24. The number of carbonyl (C=O) groups excluding carboxylic acids is 2. The van der Waals surface area contributed by atoms with E-state index in [2.05, 4.69) is 15.6 Å². The van der Waals surface area contributed by atoms with Gasteiger partial charge in [-0.1, -0.05) is 22.9 Å². The molecule has 8 heteroatoms. The summed E-state index contributed by atoms with van der Waals surface area (Å²) in [5.74, 6) is 0.0628. The number of carbonyl (C=O) groups is 2. The van der Waals surface area contributed by atoms with Gasteiger partial charge < -0.3 is 10.1 Å². The molecule has 1 aliphatic heterocycles. The Kier molecular flexibility index (Phi) is 4.96. The van der Waals surface area contributed by atoms with Gasteiger partial charge in [-0.25, -0.2) is 4.98 Å². The molecule has 1 aromatic heterocycles. The minimum atomic E-state index is -1.11. The molecule has 0 saturated carbocycles. The summed E-state index contributed by atoms with van der Waals surface area (Å²) in [6.07, 6.45) is 1.55. The number of fused-ring (bicyclic) bond motifs is 1. The van der Waals surface area contributed by atoms with Gasteiger partial charge in [0.1, 0.15) is 10.6 Å². The third-order valence-corrected chi connectivity index (χ3v) is 5.00. The zero-order valence-electron chi connectivity index (χ0n) is 13.9. The van der Waals surface area contributed by atoms with Crippen molar-refractivity contribution in [2.75, 3.05) is 11.9 Å². The highest BCUT2D eigenvalue weighted by atomic mass is 35.5. The fraction of sp³-hybridized carbons (Fsp3) is 0.353. The number of aromatic nitrogens is 1. The van der Waals surface area contributed by atoms with Gasteiger partial charge in [0.05, 0.1) is 5.69 Å². The molecule has 3 rings (SSSR count). The van der Waals surface area contributed by atoms with Crippen LogP contribution in [0.3, 0.4) is 0 Å². The summed E-state index contributed by atoms with van der Waals surface area (Å²) in [5.41, 5.74) is -0.384. The largest absolute Gasteiger partial charge is 0.478 e. The van der Waals surface area contributed by atoms with E-state index in [1.165, 1.54) is 11.3 Å². The smallest absolute Gasteiger partial charge is 0.269 e. The first-order chi connectivity index (χ1) is 11.8. The van der Waals surface area contributed by atoms with Crippen molar-refractivity contribution in [3.8, 4) is 5.75 Å². The number of nitrogens with one attached hydrogen (secondary N) is 2. The number of rotatable bonds is 4. The molecule has 6 nitrogen and oxygen atoms in total. The monoisotopic (exact) mass is 379 g/mol. The van der Waals surface area contributed by atoms with Crippen LogP contribution in [0.2, 0.25) is 5.02 Å². The van der Waals surface area contributed by atoms with Crippen molar-refractivity contribution in [3.63, 3.8) is 0 Å². The zero-order valence-corrected chi connectivity index (χ0v) is 15.5. The normalized spacial score (nSPS) is 14.3. The number of amides is 2. The van der Waals surface area contributed by atoms with Gasteiger partial charge in [0.25, 0.3) is 11.8 Å². The minimum absolute atomic E-state index is 0.137. The number of benzene rings is 1. The molecule has 2 heterocycles. The van der Waals surface area contributed by atoms with E-state index in [0.29, 0.717) is 33.7 Å². The number of hydrogen-bond acceptors (Lipinski definition) is 5. The van der Waals surface area contributed by atoms with Crippen molar-refractivity contribution in [3.05, 3.63) is 39.9 Å². The first kappa shape index (κ1) is 17.7. The van der Waals surface area contributed by atoms with Crippen LogP contribution in [-0.4, -0.2) is 28.9 Å². The molecule has 0 bridgehead atoms. The Morgan fingerprint density at radius 2 is 2.08 bits per heavy atom. The van der Waals surface area contributed by atoms with Crippen LogP contribution in [-0.2, 0) is 11.2 Å². The second kappa shape index (κ2) is 7.01. The number of halogens is 1. The number of aryl methyl sites for hydroxylation is 1. The summed E-state index contributed by atoms with van der Waals surface area (Å²) in [6.45, 7) is 3.98. The van der Waals surface area contributed by atoms with E-state index in [-0.39, 0.29) is 11.8 Å². The molecule has 1 aromatic carbocycles. The molecular weight excluding hydrogens is 362 g/mol. The van der Waals surface area contributed by atoms with Gasteiger partial charge in [0, 0.05) is 11.6 Å². The fourth-order valence-electron chi connectivity index (χ4n) is 2.38. The standard InChI is InChI=1S/C17H18ClN3O3S/c1-17(2,24-11-7-5-10(18)6-8-11)15(23)21-16-20-12-4-3-9-19-14(22)13(12)25-16/h5-8H,3-4,9H2,1-2H3,(H,19,22)(H,20,21,23). The molecule has 2 aromatic rings. The molecule has 0 saturated heterocycles. The van der Waals surface area contributed by atoms with Crippen LogP contribution in [0.25, 0.3) is 0 Å². The Labute approximate surface area is 154 Å². The van der Waals surface area contributed by atoms with Crippen molar-refractivity contribution in [2.24, 2.45) is 0 Å². The maximum absolute atomic E-state index is 12.6. The van der Waals surface area contributed by atoms with Crippen molar-refractivity contribution < 1.29 is 14.3 Å². The van der Waals surface area contributed by atoms with E-state index in [1.54, 1.807) is 38.1 Å². The topological polar surface area (TPSA) is 80.3 Å². The summed E-state index contributed by atoms with van der Waals surface area (Å²) in [6, 6.07) is 6.79. The Balaban J connectivity index is 1.71. The molecule has 132 valence electrons. The van der Waals surface area contributed by atoms with Crippen LogP contribution in [0.4, 0.5) is 5.13 Å². The number of nitrogens with zero attached hydrogens (tertiary/aromatic N) is 1. The van der Waals surface area contributed by atoms with E-state index < -0.39 is 5.60 Å². The van der Waals surface area contributed by atoms with Crippen molar-refractivity contribution in [2.45, 2.75) is 32.3 Å². The lowest BCUT2D eigenvalue weighted by molar-refractivity contribution is -0.128. The van der Waals surface area contributed by atoms with Gasteiger partial charge in [0.15, 0.2) is 10.7 Å². The molecule has 2 amide bonds. The van der Waals surface area contributed by atoms with Crippen LogP contribution < -0.4 is 15.4 Å². The van der Waals surface area contributed by atoms with Crippen molar-refractivity contribution in [1.82, 2.24) is 10.3 Å². The van der Waals surface area contributed by atoms with Crippen LogP contribution >= 0.6 is 22.9 Å². The fourth-order valence-corrected chi connectivity index (χ4v) is 3.43. The lowest BCUT2D eigenvalue weighted by Crippen LogP contribution is -2.42. The van der Waals surface area contributed by atoms with Crippen LogP contribution in [0, 0.1) is 0 Å². The minimum Gasteiger partial charge on any atom is -0.478 e. The number of ether oxygens (including phenoxy) is 1. The Bertz CT molecular complexity index is 802. The summed E-state index contributed by atoms with van der Waals surface area (Å²) in [7, 11) is 0. The van der Waals surface area contributed by atoms with Crippen LogP contribution in [0.5, 0.6) is 5.75 Å². The molecule has 0 radical (unpaired) electrons. The first-order valence-electron chi connectivity index (χ1n) is 7.89. The summed E-state index contributed by atoms with van der Waals surface area (Å²) < 4.78 is 5.76. The summed E-state index contributed by atoms with van der Waals surface area (Å²) in [5, 5.41) is 6.56. The van der Waals surface area contributed by atoms with E-state index in [9.17, 15) is 9.59 Å². The van der Waals surface area contributed by atoms with Crippen LogP contribution in [0.1, 0.15) is 35.6 Å². The second-order valence-corrected chi connectivity index (χ2v) is 7.61. The molecular formula is C17H18ClN3O3S. The number of anilines is 1. The highest BCUT2D eigenvalue weighted by Crippen LogP contribution is 2.27. The number of thiazole rings is 1. The van der Waals surface area contributed by atoms with Crippen molar-refractivity contribution in [1.29, 1.82) is 0 Å². The second-order valence-electron chi connectivity index (χ2n) is 6.17. The summed E-state index contributed by atoms with van der Waals surface area (Å²) >= 11 is 7.03. The third-order valence-electron chi connectivity index (χ3n) is 3.73. The Morgan fingerprint density at radius 3 is 2.80 bits per heavy atom. The molecule has 2 N–H and O–H groups in total. The molecule has 0 atom stereocenters. The van der Waals surface area contributed by atoms with Gasteiger partial charge in [0.2, 0.25) is 0 Å². The summed E-state index contributed by atoms with van der Waals surface area (Å²) in [4.78, 5) is 29.5. The van der Waals surface area contributed by atoms with Crippen molar-refractivity contribution >= 4 is 39.9 Å². The maximum Gasteiger partial charge on any atom is 0.269 e. The average molecular weight is 380 g/mol. The third kappa shape index (κ3) is 4.11. The van der Waals surface area contributed by atoms with Crippen LogP contribution in [0.15, 0.2) is 24.3 Å². The molecule has 1 aliphatic rings. The van der Waals surface area contributed by atoms with Gasteiger partial charge in [-0.05, 0) is 51.0 Å². The Hall–Kier alpha value is -2.12. The van der Waals surface area contributed by atoms with E-state index in [4.69, 9.17) is 16.3 Å². The first-order valence-corrected chi connectivity index (χ1v) is 9.08. The molecule has 0 unspecified atom stereocenters. The highest BCUT2D eigenvalue weighted by molar-refractivity contribution is 7.17. The average Bonchev–Trinajstić information content (AvgIpc) is 2.88. The molecule has 0 aliphatic carbocycles. The van der Waals surface area contributed by atoms with Gasteiger partial charge in [-0.15, -0.1) is 0 Å². The molecule has 25 heavy (non-hydrogen) atoms. The predicted molar refractivity (Wildman–Crippen MR) is 97.6 cm³/mol. The molecule has 0 spiro atoms. The predicted octanol–water partition coefficient (Wildman–Crippen LogP) is 3.27.